The first-order valence-corrected chi connectivity index (χ1v) is 12.5. The molecule has 37 heavy (non-hydrogen) atoms. The van der Waals surface area contributed by atoms with E-state index in [2.05, 4.69) is 9.98 Å². The number of carboxylic acids is 1. The highest BCUT2D eigenvalue weighted by Crippen LogP contribution is 2.34. The number of carboxylic acid groups (broad SMARTS) is 1. The Labute approximate surface area is 216 Å². The molecule has 1 aromatic heterocycles. The second kappa shape index (κ2) is 13.6. The summed E-state index contributed by atoms with van der Waals surface area (Å²) in [5.41, 5.74) is -1.05. The van der Waals surface area contributed by atoms with Crippen molar-refractivity contribution in [2.75, 3.05) is 52.0 Å². The summed E-state index contributed by atoms with van der Waals surface area (Å²) >= 11 is 1.21. The average Bonchev–Trinajstić information content (AvgIpc) is 3.28. The Morgan fingerprint density at radius 3 is 2.41 bits per heavy atom. The lowest BCUT2D eigenvalue weighted by Gasteiger charge is -2.39. The van der Waals surface area contributed by atoms with Gasteiger partial charge in [0.25, 0.3) is 0 Å². The minimum atomic E-state index is -1.50. The Morgan fingerprint density at radius 2 is 1.78 bits per heavy atom. The highest BCUT2D eigenvalue weighted by Gasteiger charge is 2.44. The average molecular weight is 549 g/mol. The number of carbonyl (C=O) groups is 1. The largest absolute Gasteiger partial charge is 0.505 e. The molecule has 2 aliphatic rings. The molecule has 0 saturated carbocycles. The zero-order valence-electron chi connectivity index (χ0n) is 20.1. The quantitative estimate of drug-likeness (QED) is 0.144. The van der Waals surface area contributed by atoms with E-state index in [4.69, 9.17) is 28.8 Å². The zero-order valence-corrected chi connectivity index (χ0v) is 21.0. The topological polar surface area (TPSA) is 210 Å². The van der Waals surface area contributed by atoms with E-state index < -0.39 is 48.8 Å². The summed E-state index contributed by atoms with van der Waals surface area (Å²) in [5, 5.41) is 58.4. The molecule has 0 amide bonds. The van der Waals surface area contributed by atoms with Gasteiger partial charge in [0.1, 0.15) is 53.3 Å². The van der Waals surface area contributed by atoms with Gasteiger partial charge in [0, 0.05) is 11.8 Å². The third-order valence-corrected chi connectivity index (χ3v) is 6.84. The first-order valence-electron chi connectivity index (χ1n) is 11.5. The standard InChI is InChI=1S/C22H32N2O12S/c1-22(21(30)31)11-37-19(24-22)15-13(26)8-12(9-23-15)34-6-4-32-2-3-33-5-7-35-20-18(29)17(28)16(27)14(10-25)36-20/h8-9,14,16-18,20,25-29H,2-7,10-11H2,1H3,(H,30,31)/t14?,16-,17-,18?,20+,22+/m0/s1. The number of nitrogens with zero attached hydrogens (tertiary/aromatic N) is 2. The molecule has 3 heterocycles. The van der Waals surface area contributed by atoms with Crippen LogP contribution in [0.25, 0.3) is 0 Å². The number of hydrogen-bond acceptors (Lipinski definition) is 14. The van der Waals surface area contributed by atoms with Crippen molar-refractivity contribution in [2.45, 2.75) is 43.2 Å². The van der Waals surface area contributed by atoms with E-state index in [0.29, 0.717) is 10.8 Å². The van der Waals surface area contributed by atoms with Gasteiger partial charge in [-0.25, -0.2) is 9.78 Å². The fourth-order valence-corrected chi connectivity index (χ4v) is 4.54. The molecular weight excluding hydrogens is 516 g/mol. The van der Waals surface area contributed by atoms with Gasteiger partial charge in [-0.05, 0) is 6.92 Å². The molecule has 0 spiro atoms. The van der Waals surface area contributed by atoms with E-state index in [-0.39, 0.29) is 56.8 Å². The third-order valence-electron chi connectivity index (χ3n) is 5.57. The lowest BCUT2D eigenvalue weighted by molar-refractivity contribution is -0.302. The monoisotopic (exact) mass is 548 g/mol. The fraction of sp³-hybridized carbons (Fsp3) is 0.682. The first-order chi connectivity index (χ1) is 17.7. The molecule has 1 saturated heterocycles. The highest BCUT2D eigenvalue weighted by molar-refractivity contribution is 8.14. The Bertz CT molecular complexity index is 935. The van der Waals surface area contributed by atoms with Crippen molar-refractivity contribution in [3.05, 3.63) is 18.0 Å². The van der Waals surface area contributed by atoms with Crippen molar-refractivity contribution in [1.82, 2.24) is 4.98 Å². The SMILES string of the molecule is C[C@]1(C(=O)O)CSC(c2ncc(OCCOCCOCCO[C@@H]3OC(CO)[C@H](O)[C@H](O)C3O)cc2O)=N1. The number of pyridine rings is 1. The van der Waals surface area contributed by atoms with Crippen molar-refractivity contribution in [1.29, 1.82) is 0 Å². The molecule has 0 aromatic carbocycles. The van der Waals surface area contributed by atoms with Crippen molar-refractivity contribution in [3.63, 3.8) is 0 Å². The number of aliphatic hydroxyl groups excluding tert-OH is 4. The summed E-state index contributed by atoms with van der Waals surface area (Å²) in [4.78, 5) is 19.6. The number of hydrogen-bond donors (Lipinski definition) is 6. The molecule has 6 N–H and O–H groups in total. The van der Waals surface area contributed by atoms with Crippen LogP contribution in [0.4, 0.5) is 0 Å². The van der Waals surface area contributed by atoms with Crippen LogP contribution in [-0.4, -0.2) is 135 Å². The predicted molar refractivity (Wildman–Crippen MR) is 128 cm³/mol. The molecule has 2 unspecified atom stereocenters. The van der Waals surface area contributed by atoms with E-state index >= 15 is 0 Å². The van der Waals surface area contributed by atoms with Crippen LogP contribution in [0.2, 0.25) is 0 Å². The molecule has 2 aliphatic heterocycles. The van der Waals surface area contributed by atoms with Crippen LogP contribution >= 0.6 is 11.8 Å². The van der Waals surface area contributed by atoms with Crippen molar-refractivity contribution < 1.29 is 59.1 Å². The maximum absolute atomic E-state index is 11.3. The number of aromatic hydroxyl groups is 1. The number of aliphatic carboxylic acids is 1. The molecule has 0 radical (unpaired) electrons. The Morgan fingerprint density at radius 1 is 1.11 bits per heavy atom. The third kappa shape index (κ3) is 7.72. The first kappa shape index (κ1) is 29.5. The van der Waals surface area contributed by atoms with E-state index in [9.17, 15) is 30.3 Å². The van der Waals surface area contributed by atoms with Gasteiger partial charge < -0.3 is 54.3 Å². The summed E-state index contributed by atoms with van der Waals surface area (Å²) in [5.74, 6) is -0.639. The molecule has 0 bridgehead atoms. The molecule has 14 nitrogen and oxygen atoms in total. The summed E-state index contributed by atoms with van der Waals surface area (Å²) < 4.78 is 26.8. The number of aliphatic hydroxyl groups is 4. The molecule has 6 atom stereocenters. The molecule has 1 fully saturated rings. The number of rotatable bonds is 14. The van der Waals surface area contributed by atoms with Gasteiger partial charge in [0.05, 0.1) is 45.8 Å². The normalized spacial score (nSPS) is 29.8. The smallest absolute Gasteiger partial charge is 0.332 e. The maximum atomic E-state index is 11.3. The fourth-order valence-electron chi connectivity index (χ4n) is 3.38. The van der Waals surface area contributed by atoms with E-state index in [1.165, 1.54) is 30.9 Å². The zero-order chi connectivity index (χ0) is 27.0. The molecule has 208 valence electrons. The van der Waals surface area contributed by atoms with Crippen LogP contribution < -0.4 is 4.74 Å². The summed E-state index contributed by atoms with van der Waals surface area (Å²) in [7, 11) is 0. The number of aliphatic imine (C=N–C) groups is 1. The van der Waals surface area contributed by atoms with Crippen LogP contribution in [-0.2, 0) is 23.7 Å². The number of ether oxygens (including phenoxy) is 5. The summed E-state index contributed by atoms with van der Waals surface area (Å²) in [6.45, 7) is 2.12. The Hall–Kier alpha value is -2.08. The van der Waals surface area contributed by atoms with Gasteiger partial charge in [-0.15, -0.1) is 11.8 Å². The van der Waals surface area contributed by atoms with Crippen molar-refractivity contribution in [3.8, 4) is 11.5 Å². The van der Waals surface area contributed by atoms with Gasteiger partial charge in [-0.2, -0.15) is 0 Å². The molecule has 1 aromatic rings. The molecule has 15 heteroatoms. The molecular formula is C22H32N2O12S. The minimum absolute atomic E-state index is 0.0404. The van der Waals surface area contributed by atoms with Crippen LogP contribution in [0.5, 0.6) is 11.5 Å². The summed E-state index contributed by atoms with van der Waals surface area (Å²) in [6, 6.07) is 1.38. The van der Waals surface area contributed by atoms with Crippen LogP contribution in [0.15, 0.2) is 17.3 Å². The second-order valence-electron chi connectivity index (χ2n) is 8.46. The van der Waals surface area contributed by atoms with Crippen molar-refractivity contribution >= 4 is 22.8 Å². The Kier molecular flexibility index (Phi) is 10.9. The summed E-state index contributed by atoms with van der Waals surface area (Å²) in [6.07, 6.45) is -5.23. The number of aromatic nitrogens is 1. The highest BCUT2D eigenvalue weighted by atomic mass is 32.2. The predicted octanol–water partition coefficient (Wildman–Crippen LogP) is -1.65. The van der Waals surface area contributed by atoms with Gasteiger partial charge in [-0.3, -0.25) is 4.99 Å². The van der Waals surface area contributed by atoms with Crippen LogP contribution in [0.3, 0.4) is 0 Å². The molecule has 3 rings (SSSR count). The molecule has 0 aliphatic carbocycles. The van der Waals surface area contributed by atoms with Gasteiger partial charge in [0.2, 0.25) is 0 Å². The van der Waals surface area contributed by atoms with E-state index in [1.54, 1.807) is 0 Å². The lowest BCUT2D eigenvalue weighted by Crippen LogP contribution is -2.59. The van der Waals surface area contributed by atoms with Gasteiger partial charge in [0.15, 0.2) is 11.8 Å². The van der Waals surface area contributed by atoms with Gasteiger partial charge >= 0.3 is 5.97 Å². The van der Waals surface area contributed by atoms with Crippen molar-refractivity contribution in [2.24, 2.45) is 4.99 Å². The maximum Gasteiger partial charge on any atom is 0.332 e. The van der Waals surface area contributed by atoms with E-state index in [0.717, 1.165) is 0 Å². The minimum Gasteiger partial charge on any atom is -0.505 e. The second-order valence-corrected chi connectivity index (χ2v) is 9.43. The van der Waals surface area contributed by atoms with Crippen LogP contribution in [0, 0.1) is 0 Å². The lowest BCUT2D eigenvalue weighted by atomic mass is 9.99. The number of thioether (sulfide) groups is 1. The van der Waals surface area contributed by atoms with Gasteiger partial charge in [-0.1, -0.05) is 0 Å². The van der Waals surface area contributed by atoms with Crippen LogP contribution in [0.1, 0.15) is 12.6 Å². The van der Waals surface area contributed by atoms with E-state index in [1.807, 2.05) is 0 Å². The Balaban J connectivity index is 1.26.